The van der Waals surface area contributed by atoms with Crippen molar-refractivity contribution in [2.45, 2.75) is 24.9 Å². The number of hydrogen-bond acceptors (Lipinski definition) is 6. The molecular weight excluding hydrogens is 286 g/mol. The Hall–Kier alpha value is -1.35. The van der Waals surface area contributed by atoms with Crippen LogP contribution in [-0.2, 0) is 19.4 Å². The summed E-state index contributed by atoms with van der Waals surface area (Å²) in [6.45, 7) is 0.848. The fourth-order valence-electron chi connectivity index (χ4n) is 2.00. The minimum absolute atomic E-state index is 0.100. The van der Waals surface area contributed by atoms with Gasteiger partial charge in [-0.25, -0.2) is 13.2 Å². The third-order valence-corrected chi connectivity index (χ3v) is 4.10. The third-order valence-electron chi connectivity index (χ3n) is 3.12. The number of nitrogens with two attached hydrogens (primary N) is 1. The van der Waals surface area contributed by atoms with E-state index in [9.17, 15) is 18.0 Å². The van der Waals surface area contributed by atoms with E-state index in [1.807, 2.05) is 0 Å². The zero-order chi connectivity index (χ0) is 15.3. The fraction of sp³-hybridized carbons (Fsp3) is 0.818. The number of methoxy groups -OCH3 is 1. The van der Waals surface area contributed by atoms with Gasteiger partial charge in [-0.05, 0) is 12.8 Å². The number of rotatable bonds is 5. The van der Waals surface area contributed by atoms with Crippen molar-refractivity contribution < 1.29 is 22.7 Å². The Kier molecular flexibility index (Phi) is 5.75. The van der Waals surface area contributed by atoms with E-state index in [0.29, 0.717) is 19.5 Å². The minimum atomic E-state index is -3.13. The molecule has 1 rings (SSSR count). The van der Waals surface area contributed by atoms with Gasteiger partial charge >= 0.3 is 6.09 Å². The third kappa shape index (κ3) is 5.33. The molecule has 2 unspecified atom stereocenters. The van der Waals surface area contributed by atoms with E-state index in [4.69, 9.17) is 5.73 Å². The van der Waals surface area contributed by atoms with E-state index in [0.717, 1.165) is 6.26 Å². The highest BCUT2D eigenvalue weighted by Gasteiger charge is 2.30. The number of ether oxygens (including phenoxy) is 1. The second-order valence-electron chi connectivity index (χ2n) is 4.93. The van der Waals surface area contributed by atoms with E-state index in [-0.39, 0.29) is 24.1 Å². The smallest absolute Gasteiger partial charge is 0.407 e. The largest absolute Gasteiger partial charge is 0.453 e. The first-order valence-corrected chi connectivity index (χ1v) is 8.35. The first kappa shape index (κ1) is 16.7. The van der Waals surface area contributed by atoms with Gasteiger partial charge in [-0.1, -0.05) is 0 Å². The number of carbonyl (C=O) groups is 2. The molecule has 2 amide bonds. The quantitative estimate of drug-likeness (QED) is 0.652. The number of carbonyl (C=O) groups excluding carboxylic acids is 2. The number of likely N-dealkylation sites (tertiary alicyclic amines) is 1. The second kappa shape index (κ2) is 6.89. The summed E-state index contributed by atoms with van der Waals surface area (Å²) in [5, 5.41) is 2.62. The van der Waals surface area contributed by atoms with Crippen LogP contribution in [0.2, 0.25) is 0 Å². The Labute approximate surface area is 118 Å². The number of nitrogens with zero attached hydrogens (tertiary/aromatic N) is 1. The molecule has 0 aromatic heterocycles. The summed E-state index contributed by atoms with van der Waals surface area (Å²) in [4.78, 5) is 24.6. The molecule has 1 saturated heterocycles. The van der Waals surface area contributed by atoms with Gasteiger partial charge in [0.25, 0.3) is 0 Å². The molecule has 1 heterocycles. The summed E-state index contributed by atoms with van der Waals surface area (Å²) >= 11 is 0. The zero-order valence-electron chi connectivity index (χ0n) is 11.7. The van der Waals surface area contributed by atoms with Gasteiger partial charge in [-0.2, -0.15) is 0 Å². The van der Waals surface area contributed by atoms with Gasteiger partial charge in [0.2, 0.25) is 5.91 Å². The van der Waals surface area contributed by atoms with Crippen LogP contribution >= 0.6 is 0 Å². The summed E-state index contributed by atoms with van der Waals surface area (Å²) in [5.41, 5.74) is 5.71. The molecule has 0 bridgehead atoms. The highest BCUT2D eigenvalue weighted by molar-refractivity contribution is 7.90. The van der Waals surface area contributed by atoms with Gasteiger partial charge in [0, 0.05) is 19.3 Å². The van der Waals surface area contributed by atoms with Crippen LogP contribution < -0.4 is 11.1 Å². The topological polar surface area (TPSA) is 119 Å². The van der Waals surface area contributed by atoms with Crippen molar-refractivity contribution in [2.75, 3.05) is 32.2 Å². The summed E-state index contributed by atoms with van der Waals surface area (Å²) in [6.07, 6.45) is 1.30. The molecule has 20 heavy (non-hydrogen) atoms. The van der Waals surface area contributed by atoms with Gasteiger partial charge in [0.1, 0.15) is 9.84 Å². The van der Waals surface area contributed by atoms with E-state index in [1.165, 1.54) is 12.0 Å². The van der Waals surface area contributed by atoms with Crippen molar-refractivity contribution in [3.05, 3.63) is 0 Å². The Balaban J connectivity index is 2.43. The van der Waals surface area contributed by atoms with Crippen LogP contribution in [0, 0.1) is 0 Å². The summed E-state index contributed by atoms with van der Waals surface area (Å²) < 4.78 is 26.6. The molecule has 8 nitrogen and oxygen atoms in total. The van der Waals surface area contributed by atoms with Gasteiger partial charge in [-0.3, -0.25) is 4.79 Å². The number of alkyl carbamates (subject to hydrolysis) is 1. The lowest BCUT2D eigenvalue weighted by atomic mass is 10.2. The van der Waals surface area contributed by atoms with Crippen molar-refractivity contribution in [2.24, 2.45) is 5.73 Å². The van der Waals surface area contributed by atoms with Crippen molar-refractivity contribution in [1.82, 2.24) is 10.2 Å². The van der Waals surface area contributed by atoms with Crippen molar-refractivity contribution in [1.29, 1.82) is 0 Å². The van der Waals surface area contributed by atoms with Gasteiger partial charge < -0.3 is 20.7 Å². The van der Waals surface area contributed by atoms with Crippen LogP contribution in [0.5, 0.6) is 0 Å². The molecule has 1 aliphatic heterocycles. The average Bonchev–Trinajstić information content (AvgIpc) is 2.82. The average molecular weight is 307 g/mol. The fourth-order valence-corrected chi connectivity index (χ4v) is 2.68. The molecule has 0 aliphatic carbocycles. The molecule has 0 aromatic rings. The molecule has 2 atom stereocenters. The van der Waals surface area contributed by atoms with E-state index in [2.05, 4.69) is 10.1 Å². The first-order chi connectivity index (χ1) is 9.23. The predicted octanol–water partition coefficient (Wildman–Crippen LogP) is -1.29. The lowest BCUT2D eigenvalue weighted by molar-refractivity contribution is -0.131. The van der Waals surface area contributed by atoms with Crippen LogP contribution in [0.25, 0.3) is 0 Å². The Morgan fingerprint density at radius 3 is 2.70 bits per heavy atom. The number of sulfone groups is 1. The Morgan fingerprint density at radius 1 is 1.50 bits per heavy atom. The lowest BCUT2D eigenvalue weighted by Crippen LogP contribution is -2.45. The summed E-state index contributed by atoms with van der Waals surface area (Å²) in [7, 11) is -1.86. The predicted molar refractivity (Wildman–Crippen MR) is 72.8 cm³/mol. The van der Waals surface area contributed by atoms with Crippen molar-refractivity contribution >= 4 is 21.8 Å². The van der Waals surface area contributed by atoms with Crippen LogP contribution in [0.4, 0.5) is 4.79 Å². The van der Waals surface area contributed by atoms with E-state index < -0.39 is 22.0 Å². The number of nitrogens with one attached hydrogen (secondary N) is 1. The monoisotopic (exact) mass is 307 g/mol. The molecule has 116 valence electrons. The number of hydrogen-bond donors (Lipinski definition) is 2. The first-order valence-electron chi connectivity index (χ1n) is 6.29. The molecule has 0 spiro atoms. The maximum Gasteiger partial charge on any atom is 0.407 e. The van der Waals surface area contributed by atoms with Gasteiger partial charge in [0.15, 0.2) is 0 Å². The van der Waals surface area contributed by atoms with Crippen molar-refractivity contribution in [3.8, 4) is 0 Å². The summed E-state index contributed by atoms with van der Waals surface area (Å²) in [5.74, 6) is -0.403. The molecular formula is C11H21N3O5S. The molecule has 3 N–H and O–H groups in total. The minimum Gasteiger partial charge on any atom is -0.453 e. The SMILES string of the molecule is COC(=O)NC1CCN(C(=O)C(N)CCS(C)(=O)=O)C1. The second-order valence-corrected chi connectivity index (χ2v) is 7.19. The van der Waals surface area contributed by atoms with E-state index in [1.54, 1.807) is 0 Å². The number of amides is 2. The van der Waals surface area contributed by atoms with Gasteiger partial charge in [0.05, 0.1) is 24.9 Å². The maximum atomic E-state index is 12.0. The normalized spacial score (nSPS) is 20.6. The lowest BCUT2D eigenvalue weighted by Gasteiger charge is -2.20. The van der Waals surface area contributed by atoms with Crippen LogP contribution in [0.1, 0.15) is 12.8 Å². The van der Waals surface area contributed by atoms with Crippen LogP contribution in [0.15, 0.2) is 0 Å². The molecule has 0 radical (unpaired) electrons. The molecule has 0 aromatic carbocycles. The molecule has 9 heteroatoms. The molecule has 0 saturated carbocycles. The Bertz CT molecular complexity index is 465. The molecule has 1 aliphatic rings. The van der Waals surface area contributed by atoms with E-state index >= 15 is 0 Å². The summed E-state index contributed by atoms with van der Waals surface area (Å²) in [6, 6.07) is -0.991. The van der Waals surface area contributed by atoms with Crippen LogP contribution in [0.3, 0.4) is 0 Å². The highest BCUT2D eigenvalue weighted by atomic mass is 32.2. The highest BCUT2D eigenvalue weighted by Crippen LogP contribution is 2.11. The van der Waals surface area contributed by atoms with Gasteiger partial charge in [-0.15, -0.1) is 0 Å². The van der Waals surface area contributed by atoms with Crippen LogP contribution in [-0.4, -0.2) is 69.6 Å². The maximum absolute atomic E-state index is 12.0. The Morgan fingerprint density at radius 2 is 2.15 bits per heavy atom. The zero-order valence-corrected chi connectivity index (χ0v) is 12.5. The standard InChI is InChI=1S/C11H21N3O5S/c1-19-11(16)13-8-3-5-14(7-8)10(15)9(12)4-6-20(2,17)18/h8-9H,3-7,12H2,1-2H3,(H,13,16). The molecule has 1 fully saturated rings. The van der Waals surface area contributed by atoms with Crippen molar-refractivity contribution in [3.63, 3.8) is 0 Å².